The third-order valence-corrected chi connectivity index (χ3v) is 4.95. The Balaban J connectivity index is 1.84. The lowest BCUT2D eigenvalue weighted by Gasteiger charge is -2.26. The largest absolute Gasteiger partial charge is 0.337 e. The van der Waals surface area contributed by atoms with Crippen LogP contribution in [-0.4, -0.2) is 16.7 Å². The first kappa shape index (κ1) is 12.3. The molecule has 0 spiro atoms. The molecule has 2 aromatic rings. The first-order valence-electron chi connectivity index (χ1n) is 6.05. The minimum absolute atomic E-state index is 0.198. The fraction of sp³-hybridized carbons (Fsp3) is 0.500. The molecule has 0 aliphatic carbocycles. The average Bonchev–Trinajstić information content (AvgIpc) is 2.98. The predicted molar refractivity (Wildman–Crippen MR) is 74.5 cm³/mol. The smallest absolute Gasteiger partial charge is 0.244 e. The van der Waals surface area contributed by atoms with E-state index in [-0.39, 0.29) is 6.04 Å². The van der Waals surface area contributed by atoms with Crippen LogP contribution in [0.4, 0.5) is 0 Å². The fourth-order valence-corrected chi connectivity index (χ4v) is 3.62. The Labute approximate surface area is 118 Å². The molecule has 1 aliphatic heterocycles. The van der Waals surface area contributed by atoms with Gasteiger partial charge in [0.05, 0.1) is 10.9 Å². The van der Waals surface area contributed by atoms with Gasteiger partial charge in [-0.25, -0.2) is 0 Å². The van der Waals surface area contributed by atoms with Crippen molar-refractivity contribution in [1.82, 2.24) is 15.5 Å². The van der Waals surface area contributed by atoms with Crippen LogP contribution in [0.2, 0.25) is 0 Å². The molecule has 1 N–H and O–H groups in total. The van der Waals surface area contributed by atoms with E-state index in [1.165, 1.54) is 12.8 Å². The van der Waals surface area contributed by atoms with Gasteiger partial charge in [-0.05, 0) is 47.3 Å². The zero-order valence-electron chi connectivity index (χ0n) is 10.0. The maximum absolute atomic E-state index is 5.41. The lowest BCUT2D eigenvalue weighted by Crippen LogP contribution is -2.33. The van der Waals surface area contributed by atoms with Gasteiger partial charge in [0.2, 0.25) is 11.7 Å². The highest BCUT2D eigenvalue weighted by Gasteiger charge is 2.27. The van der Waals surface area contributed by atoms with E-state index in [0.717, 1.165) is 15.9 Å². The molecule has 1 aliphatic rings. The van der Waals surface area contributed by atoms with Crippen molar-refractivity contribution in [2.24, 2.45) is 5.92 Å². The van der Waals surface area contributed by atoms with E-state index < -0.39 is 0 Å². The van der Waals surface area contributed by atoms with Crippen LogP contribution in [0.25, 0.3) is 10.7 Å². The summed E-state index contributed by atoms with van der Waals surface area (Å²) < 4.78 is 6.46. The number of halogens is 1. The van der Waals surface area contributed by atoms with Crippen molar-refractivity contribution in [3.05, 3.63) is 21.8 Å². The Morgan fingerprint density at radius 3 is 3.17 bits per heavy atom. The van der Waals surface area contributed by atoms with Crippen molar-refractivity contribution in [3.8, 4) is 10.7 Å². The molecule has 1 fully saturated rings. The minimum Gasteiger partial charge on any atom is -0.337 e. The second-order valence-electron chi connectivity index (χ2n) is 4.64. The molecule has 96 valence electrons. The molecule has 1 saturated heterocycles. The summed E-state index contributed by atoms with van der Waals surface area (Å²) in [6.07, 6.45) is 2.43. The quantitative estimate of drug-likeness (QED) is 0.915. The normalized spacial score (nSPS) is 24.3. The number of thiophene rings is 1. The number of nitrogens with one attached hydrogen (secondary N) is 1. The molecule has 0 aromatic carbocycles. The van der Waals surface area contributed by atoms with Crippen molar-refractivity contribution in [3.63, 3.8) is 0 Å². The Bertz CT molecular complexity index is 539. The number of aromatic nitrogens is 2. The van der Waals surface area contributed by atoms with E-state index in [9.17, 15) is 0 Å². The molecule has 2 atom stereocenters. The van der Waals surface area contributed by atoms with Crippen LogP contribution < -0.4 is 5.32 Å². The standard InChI is InChI=1S/C12H14BrN3OS/c1-7-3-2-4-14-10(7)12-15-11(16-17-12)9-5-8(13)6-18-9/h5-7,10,14H,2-4H2,1H3. The average molecular weight is 328 g/mol. The van der Waals surface area contributed by atoms with Crippen LogP contribution in [0.1, 0.15) is 31.7 Å². The highest BCUT2D eigenvalue weighted by atomic mass is 79.9. The van der Waals surface area contributed by atoms with Gasteiger partial charge in [-0.1, -0.05) is 12.1 Å². The lowest BCUT2D eigenvalue weighted by atomic mass is 9.93. The summed E-state index contributed by atoms with van der Waals surface area (Å²) in [6.45, 7) is 3.25. The molecular formula is C12H14BrN3OS. The maximum atomic E-state index is 5.41. The summed E-state index contributed by atoms with van der Waals surface area (Å²) in [5, 5.41) is 9.55. The molecule has 0 saturated carbocycles. The highest BCUT2D eigenvalue weighted by molar-refractivity contribution is 9.10. The van der Waals surface area contributed by atoms with Crippen molar-refractivity contribution >= 4 is 27.3 Å². The third kappa shape index (κ3) is 2.37. The minimum atomic E-state index is 0.198. The Morgan fingerprint density at radius 1 is 1.56 bits per heavy atom. The van der Waals surface area contributed by atoms with Crippen molar-refractivity contribution in [1.29, 1.82) is 0 Å². The van der Waals surface area contributed by atoms with E-state index in [0.29, 0.717) is 17.6 Å². The van der Waals surface area contributed by atoms with Gasteiger partial charge >= 0.3 is 0 Å². The van der Waals surface area contributed by atoms with E-state index in [2.05, 4.69) is 38.3 Å². The van der Waals surface area contributed by atoms with E-state index in [4.69, 9.17) is 4.52 Å². The van der Waals surface area contributed by atoms with E-state index >= 15 is 0 Å². The van der Waals surface area contributed by atoms with Gasteiger partial charge in [-0.15, -0.1) is 11.3 Å². The van der Waals surface area contributed by atoms with E-state index in [1.54, 1.807) is 11.3 Å². The Kier molecular flexibility index (Phi) is 3.50. The molecule has 6 heteroatoms. The van der Waals surface area contributed by atoms with Gasteiger partial charge < -0.3 is 9.84 Å². The zero-order chi connectivity index (χ0) is 12.5. The summed E-state index contributed by atoms with van der Waals surface area (Å²) in [6, 6.07) is 2.21. The van der Waals surface area contributed by atoms with Gasteiger partial charge in [0.25, 0.3) is 0 Å². The fourth-order valence-electron chi connectivity index (χ4n) is 2.27. The van der Waals surface area contributed by atoms with Crippen molar-refractivity contribution in [2.75, 3.05) is 6.54 Å². The number of piperidine rings is 1. The molecule has 4 nitrogen and oxygen atoms in total. The van der Waals surface area contributed by atoms with Gasteiger partial charge in [0, 0.05) is 9.85 Å². The van der Waals surface area contributed by atoms with Crippen molar-refractivity contribution < 1.29 is 4.52 Å². The van der Waals surface area contributed by atoms with Crippen LogP contribution in [0, 0.1) is 5.92 Å². The summed E-state index contributed by atoms with van der Waals surface area (Å²) in [5.41, 5.74) is 0. The second-order valence-corrected chi connectivity index (χ2v) is 6.46. The topological polar surface area (TPSA) is 51.0 Å². The van der Waals surface area contributed by atoms with Crippen molar-refractivity contribution in [2.45, 2.75) is 25.8 Å². The summed E-state index contributed by atoms with van der Waals surface area (Å²) in [7, 11) is 0. The Hall–Kier alpha value is -0.720. The van der Waals surface area contributed by atoms with Crippen LogP contribution in [0.3, 0.4) is 0 Å². The molecule has 3 rings (SSSR count). The molecule has 0 amide bonds. The monoisotopic (exact) mass is 327 g/mol. The van der Waals surface area contributed by atoms with Gasteiger partial charge in [-0.3, -0.25) is 0 Å². The number of rotatable bonds is 2. The highest BCUT2D eigenvalue weighted by Crippen LogP contribution is 2.31. The second kappa shape index (κ2) is 5.11. The summed E-state index contributed by atoms with van der Waals surface area (Å²) in [4.78, 5) is 5.55. The first-order valence-corrected chi connectivity index (χ1v) is 7.72. The summed E-state index contributed by atoms with van der Waals surface area (Å²) >= 11 is 5.05. The molecule has 0 radical (unpaired) electrons. The maximum Gasteiger partial charge on any atom is 0.244 e. The molecule has 3 heterocycles. The molecule has 2 aromatic heterocycles. The molecular weight excluding hydrogens is 314 g/mol. The SMILES string of the molecule is CC1CCCNC1c1nc(-c2cc(Br)cs2)no1. The predicted octanol–water partition coefficient (Wildman–Crippen LogP) is 3.62. The van der Waals surface area contributed by atoms with Crippen LogP contribution >= 0.6 is 27.3 Å². The van der Waals surface area contributed by atoms with Crippen LogP contribution in [-0.2, 0) is 0 Å². The lowest BCUT2D eigenvalue weighted by molar-refractivity contribution is 0.239. The number of hydrogen-bond acceptors (Lipinski definition) is 5. The van der Waals surface area contributed by atoms with Gasteiger partial charge in [0.15, 0.2) is 0 Å². The molecule has 18 heavy (non-hydrogen) atoms. The molecule has 2 unspecified atom stereocenters. The Morgan fingerprint density at radius 2 is 2.44 bits per heavy atom. The van der Waals surface area contributed by atoms with Crippen LogP contribution in [0.5, 0.6) is 0 Å². The van der Waals surface area contributed by atoms with Crippen LogP contribution in [0.15, 0.2) is 20.4 Å². The number of nitrogens with zero attached hydrogens (tertiary/aromatic N) is 2. The van der Waals surface area contributed by atoms with Gasteiger partial charge in [-0.2, -0.15) is 4.98 Å². The first-order chi connectivity index (χ1) is 8.74. The van der Waals surface area contributed by atoms with Gasteiger partial charge in [0.1, 0.15) is 0 Å². The number of hydrogen-bond donors (Lipinski definition) is 1. The zero-order valence-corrected chi connectivity index (χ0v) is 12.4. The third-order valence-electron chi connectivity index (χ3n) is 3.27. The molecule has 0 bridgehead atoms. The summed E-state index contributed by atoms with van der Waals surface area (Å²) in [5.74, 6) is 1.93. The van der Waals surface area contributed by atoms with E-state index in [1.807, 2.05) is 11.4 Å².